The summed E-state index contributed by atoms with van der Waals surface area (Å²) in [4.78, 5) is 13.9. The third-order valence-corrected chi connectivity index (χ3v) is 4.90. The second kappa shape index (κ2) is 3.95. The molecule has 5 heteroatoms. The van der Waals surface area contributed by atoms with Crippen LogP contribution in [0.25, 0.3) is 0 Å². The fraction of sp³-hybridized carbons (Fsp3) is 0.533. The number of fused-ring (bicyclic) bond motifs is 3. The quantitative estimate of drug-likeness (QED) is 0.830. The summed E-state index contributed by atoms with van der Waals surface area (Å²) in [5.74, 6) is 0.174. The third kappa shape index (κ3) is 1.36. The van der Waals surface area contributed by atoms with Gasteiger partial charge in [0.15, 0.2) is 11.9 Å². The highest BCUT2D eigenvalue weighted by Gasteiger charge is 2.68. The first kappa shape index (κ1) is 12.1. The summed E-state index contributed by atoms with van der Waals surface area (Å²) in [7, 11) is 1.60. The van der Waals surface area contributed by atoms with Gasteiger partial charge in [0.2, 0.25) is 0 Å². The van der Waals surface area contributed by atoms with Gasteiger partial charge in [-0.15, -0.1) is 0 Å². The van der Waals surface area contributed by atoms with Crippen molar-refractivity contribution in [1.29, 1.82) is 0 Å². The topological polar surface area (TPSA) is 38.8 Å². The summed E-state index contributed by atoms with van der Waals surface area (Å²) >= 11 is 0. The Balaban J connectivity index is 1.65. The molecule has 4 atom stereocenters. The van der Waals surface area contributed by atoms with Crippen molar-refractivity contribution >= 4 is 5.91 Å². The van der Waals surface area contributed by atoms with Gasteiger partial charge in [0.05, 0.1) is 19.8 Å². The zero-order chi connectivity index (χ0) is 13.9. The molecule has 1 aliphatic carbocycles. The maximum absolute atomic E-state index is 14.5. The molecule has 1 amide bonds. The van der Waals surface area contributed by atoms with E-state index in [-0.39, 0.29) is 12.0 Å². The second-order valence-electron chi connectivity index (χ2n) is 5.75. The van der Waals surface area contributed by atoms with Crippen molar-refractivity contribution in [3.63, 3.8) is 0 Å². The lowest BCUT2D eigenvalue weighted by Gasteiger charge is -2.36. The first-order valence-electron chi connectivity index (χ1n) is 6.92. The first-order chi connectivity index (χ1) is 9.65. The Morgan fingerprint density at radius 2 is 2.15 bits per heavy atom. The Hall–Kier alpha value is -1.62. The average Bonchev–Trinajstić information content (AvgIpc) is 2.93. The number of nitrogens with zero attached hydrogens (tertiary/aromatic N) is 1. The van der Waals surface area contributed by atoms with Crippen molar-refractivity contribution in [1.82, 2.24) is 4.90 Å². The van der Waals surface area contributed by atoms with E-state index in [9.17, 15) is 9.18 Å². The van der Waals surface area contributed by atoms with Crippen molar-refractivity contribution in [3.05, 3.63) is 29.8 Å². The molecule has 0 aromatic heterocycles. The third-order valence-electron chi connectivity index (χ3n) is 4.90. The minimum atomic E-state index is -1.63. The minimum Gasteiger partial charge on any atom is -0.497 e. The lowest BCUT2D eigenvalue weighted by atomic mass is 9.70. The largest absolute Gasteiger partial charge is 0.497 e. The number of ether oxygens (including phenoxy) is 2. The fourth-order valence-corrected chi connectivity index (χ4v) is 3.66. The van der Waals surface area contributed by atoms with Gasteiger partial charge in [0.25, 0.3) is 5.91 Å². The minimum absolute atomic E-state index is 0.103. The van der Waals surface area contributed by atoms with E-state index in [1.54, 1.807) is 12.0 Å². The summed E-state index contributed by atoms with van der Waals surface area (Å²) < 4.78 is 25.4. The van der Waals surface area contributed by atoms with Crippen LogP contribution in [0.1, 0.15) is 24.6 Å². The summed E-state index contributed by atoms with van der Waals surface area (Å²) in [5, 5.41) is 0. The van der Waals surface area contributed by atoms with Crippen molar-refractivity contribution in [3.8, 4) is 5.75 Å². The molecule has 0 bridgehead atoms. The number of carbonyl (C=O) groups excluding carboxylic acids is 1. The summed E-state index contributed by atoms with van der Waals surface area (Å²) in [5.41, 5.74) is -0.759. The molecule has 106 valence electrons. The Bertz CT molecular complexity index is 561. The second-order valence-corrected chi connectivity index (χ2v) is 5.75. The molecule has 3 fully saturated rings. The molecule has 0 radical (unpaired) electrons. The van der Waals surface area contributed by atoms with Gasteiger partial charge in [-0.05, 0) is 25.0 Å². The molecule has 4 rings (SSSR count). The van der Waals surface area contributed by atoms with Crippen molar-refractivity contribution < 1.29 is 18.7 Å². The maximum atomic E-state index is 14.5. The van der Waals surface area contributed by atoms with Crippen LogP contribution in [0.15, 0.2) is 24.3 Å². The van der Waals surface area contributed by atoms with E-state index >= 15 is 0 Å². The lowest BCUT2D eigenvalue weighted by molar-refractivity contribution is -0.149. The summed E-state index contributed by atoms with van der Waals surface area (Å²) in [6.07, 6.45) is 0.678. The van der Waals surface area contributed by atoms with Crippen LogP contribution in [0.3, 0.4) is 0 Å². The molecular weight excluding hydrogens is 261 g/mol. The molecule has 2 saturated heterocycles. The number of benzene rings is 1. The number of amides is 1. The Morgan fingerprint density at radius 3 is 2.75 bits per heavy atom. The Morgan fingerprint density at radius 1 is 1.40 bits per heavy atom. The SMILES string of the molecule is COc1ccc(C2OCC3C4CCC4(F)C(=O)N23)cc1. The van der Waals surface area contributed by atoms with Crippen molar-refractivity contribution in [2.45, 2.75) is 30.8 Å². The molecule has 2 aliphatic heterocycles. The van der Waals surface area contributed by atoms with Gasteiger partial charge in [0.1, 0.15) is 5.75 Å². The number of carbonyl (C=O) groups is 1. The van der Waals surface area contributed by atoms with Crippen LogP contribution >= 0.6 is 0 Å². The van der Waals surface area contributed by atoms with E-state index < -0.39 is 17.8 Å². The molecule has 3 aliphatic rings. The molecule has 1 saturated carbocycles. The monoisotopic (exact) mass is 277 g/mol. The van der Waals surface area contributed by atoms with E-state index in [4.69, 9.17) is 9.47 Å². The molecule has 4 nitrogen and oxygen atoms in total. The van der Waals surface area contributed by atoms with Gasteiger partial charge >= 0.3 is 0 Å². The van der Waals surface area contributed by atoms with Crippen LogP contribution < -0.4 is 4.74 Å². The number of rotatable bonds is 2. The zero-order valence-electron chi connectivity index (χ0n) is 11.2. The van der Waals surface area contributed by atoms with E-state index in [1.165, 1.54) is 0 Å². The molecule has 1 aromatic rings. The first-order valence-corrected chi connectivity index (χ1v) is 6.92. The molecule has 2 heterocycles. The van der Waals surface area contributed by atoms with Gasteiger partial charge in [-0.25, -0.2) is 4.39 Å². The van der Waals surface area contributed by atoms with E-state index in [1.807, 2.05) is 24.3 Å². The molecule has 4 unspecified atom stereocenters. The van der Waals surface area contributed by atoms with E-state index in [2.05, 4.69) is 0 Å². The number of methoxy groups -OCH3 is 1. The Kier molecular flexibility index (Phi) is 2.40. The predicted molar refractivity (Wildman–Crippen MR) is 68.9 cm³/mol. The van der Waals surface area contributed by atoms with Crippen LogP contribution in [-0.2, 0) is 9.53 Å². The summed E-state index contributed by atoms with van der Waals surface area (Å²) in [6.45, 7) is 0.429. The average molecular weight is 277 g/mol. The highest BCUT2D eigenvalue weighted by atomic mass is 19.1. The molecule has 1 aromatic carbocycles. The van der Waals surface area contributed by atoms with Crippen LogP contribution in [0, 0.1) is 5.92 Å². The van der Waals surface area contributed by atoms with Gasteiger partial charge in [0, 0.05) is 11.5 Å². The predicted octanol–water partition coefficient (Wildman–Crippen LogP) is 2.05. The van der Waals surface area contributed by atoms with Crippen LogP contribution in [0.2, 0.25) is 0 Å². The highest BCUT2D eigenvalue weighted by molar-refractivity contribution is 5.90. The normalized spacial score (nSPS) is 38.4. The van der Waals surface area contributed by atoms with Gasteiger partial charge < -0.3 is 14.4 Å². The van der Waals surface area contributed by atoms with Crippen LogP contribution in [0.5, 0.6) is 5.75 Å². The molecule has 0 spiro atoms. The zero-order valence-corrected chi connectivity index (χ0v) is 11.2. The standard InChI is InChI=1S/C15H16FNO3/c1-19-10-4-2-9(3-5-10)13-17-12(8-20-13)11-6-7-15(11,16)14(17)18/h2-5,11-13H,6-8H2,1H3. The maximum Gasteiger partial charge on any atom is 0.263 e. The number of hydrogen-bond acceptors (Lipinski definition) is 3. The highest BCUT2D eigenvalue weighted by Crippen LogP contribution is 2.56. The number of halogens is 1. The molecule has 20 heavy (non-hydrogen) atoms. The van der Waals surface area contributed by atoms with Gasteiger partial charge in [-0.2, -0.15) is 0 Å². The Labute approximate surface area is 116 Å². The van der Waals surface area contributed by atoms with E-state index in [0.717, 1.165) is 17.7 Å². The summed E-state index contributed by atoms with van der Waals surface area (Å²) in [6, 6.07) is 7.28. The van der Waals surface area contributed by atoms with Crippen LogP contribution in [0.4, 0.5) is 4.39 Å². The smallest absolute Gasteiger partial charge is 0.263 e. The van der Waals surface area contributed by atoms with E-state index in [0.29, 0.717) is 13.0 Å². The molecule has 0 N–H and O–H groups in total. The lowest BCUT2D eigenvalue weighted by Crippen LogP contribution is -2.47. The number of alkyl halides is 1. The fourth-order valence-electron chi connectivity index (χ4n) is 3.66. The van der Waals surface area contributed by atoms with Gasteiger partial charge in [-0.1, -0.05) is 12.1 Å². The van der Waals surface area contributed by atoms with Crippen molar-refractivity contribution in [2.75, 3.05) is 13.7 Å². The van der Waals surface area contributed by atoms with Crippen LogP contribution in [-0.4, -0.2) is 36.2 Å². The van der Waals surface area contributed by atoms with Gasteiger partial charge in [-0.3, -0.25) is 4.79 Å². The molecular formula is C15H16FNO3. The number of hydrogen-bond donors (Lipinski definition) is 0. The van der Waals surface area contributed by atoms with Crippen molar-refractivity contribution in [2.24, 2.45) is 5.92 Å².